The van der Waals surface area contributed by atoms with Crippen molar-refractivity contribution >= 4 is 5.78 Å². The maximum atomic E-state index is 12.4. The molecule has 3 rings (SSSR count). The van der Waals surface area contributed by atoms with Crippen molar-refractivity contribution in [2.75, 3.05) is 0 Å². The number of ketones is 1. The fourth-order valence-electron chi connectivity index (χ4n) is 3.54. The maximum absolute atomic E-state index is 12.4. The Hall–Kier alpha value is -1.15. The van der Waals surface area contributed by atoms with Crippen LogP contribution < -0.4 is 0 Å². The SMILES string of the molecule is CC1CCC(C(=O)c2ccc(C3CCCCC3)cc2)O1. The van der Waals surface area contributed by atoms with Gasteiger partial charge in [0.25, 0.3) is 0 Å². The van der Waals surface area contributed by atoms with Crippen LogP contribution >= 0.6 is 0 Å². The van der Waals surface area contributed by atoms with E-state index in [0.29, 0.717) is 5.92 Å². The zero-order valence-corrected chi connectivity index (χ0v) is 12.3. The van der Waals surface area contributed by atoms with E-state index < -0.39 is 0 Å². The summed E-state index contributed by atoms with van der Waals surface area (Å²) < 4.78 is 5.67. The van der Waals surface area contributed by atoms with E-state index in [1.165, 1.54) is 37.7 Å². The van der Waals surface area contributed by atoms with Crippen molar-refractivity contribution in [1.29, 1.82) is 0 Å². The van der Waals surface area contributed by atoms with Crippen LogP contribution in [0.3, 0.4) is 0 Å². The molecule has 2 heteroatoms. The van der Waals surface area contributed by atoms with Gasteiger partial charge in [-0.3, -0.25) is 4.79 Å². The van der Waals surface area contributed by atoms with Gasteiger partial charge in [-0.05, 0) is 44.1 Å². The Morgan fingerprint density at radius 3 is 2.30 bits per heavy atom. The fraction of sp³-hybridized carbons (Fsp3) is 0.611. The topological polar surface area (TPSA) is 26.3 Å². The number of carbonyl (C=O) groups excluding carboxylic acids is 1. The van der Waals surface area contributed by atoms with Gasteiger partial charge >= 0.3 is 0 Å². The first-order valence-electron chi connectivity index (χ1n) is 8.03. The molecule has 1 aromatic rings. The van der Waals surface area contributed by atoms with Gasteiger partial charge in [0.15, 0.2) is 5.78 Å². The van der Waals surface area contributed by atoms with E-state index in [4.69, 9.17) is 4.74 Å². The summed E-state index contributed by atoms with van der Waals surface area (Å²) in [4.78, 5) is 12.4. The lowest BCUT2D eigenvalue weighted by atomic mass is 9.84. The summed E-state index contributed by atoms with van der Waals surface area (Å²) in [7, 11) is 0. The van der Waals surface area contributed by atoms with Gasteiger partial charge in [0.2, 0.25) is 0 Å². The van der Waals surface area contributed by atoms with Crippen LogP contribution in [0.5, 0.6) is 0 Å². The van der Waals surface area contributed by atoms with E-state index in [9.17, 15) is 4.79 Å². The van der Waals surface area contributed by atoms with Gasteiger partial charge in [0.05, 0.1) is 6.10 Å². The third-order valence-corrected chi connectivity index (χ3v) is 4.80. The zero-order chi connectivity index (χ0) is 13.9. The average Bonchev–Trinajstić information content (AvgIpc) is 2.94. The van der Waals surface area contributed by atoms with Crippen LogP contribution in [0.1, 0.15) is 73.7 Å². The normalized spacial score (nSPS) is 27.6. The summed E-state index contributed by atoms with van der Waals surface area (Å²) in [5.74, 6) is 0.861. The van der Waals surface area contributed by atoms with Crippen LogP contribution in [0.15, 0.2) is 24.3 Å². The van der Waals surface area contributed by atoms with E-state index in [2.05, 4.69) is 12.1 Å². The molecule has 0 bridgehead atoms. The number of hydrogen-bond acceptors (Lipinski definition) is 2. The third kappa shape index (κ3) is 2.95. The standard InChI is InChI=1S/C18H24O2/c1-13-7-12-17(20-13)18(19)16-10-8-15(9-11-16)14-5-3-2-4-6-14/h8-11,13-14,17H,2-7,12H2,1H3. The quantitative estimate of drug-likeness (QED) is 0.758. The Balaban J connectivity index is 1.67. The Kier molecular flexibility index (Phi) is 4.21. The second kappa shape index (κ2) is 6.09. The smallest absolute Gasteiger partial charge is 0.191 e. The molecule has 0 spiro atoms. The number of Topliss-reactive ketones (excluding diaryl/α,β-unsaturated/α-hetero) is 1. The maximum Gasteiger partial charge on any atom is 0.191 e. The molecule has 1 saturated heterocycles. The molecular formula is C18H24O2. The predicted octanol–water partition coefficient (Wildman–Crippen LogP) is 4.48. The molecule has 0 radical (unpaired) electrons. The molecule has 2 atom stereocenters. The Bertz CT molecular complexity index is 457. The van der Waals surface area contributed by atoms with Gasteiger partial charge in [-0.2, -0.15) is 0 Å². The number of ether oxygens (including phenoxy) is 1. The van der Waals surface area contributed by atoms with Crippen LogP contribution in [-0.2, 0) is 4.74 Å². The highest BCUT2D eigenvalue weighted by Gasteiger charge is 2.28. The third-order valence-electron chi connectivity index (χ3n) is 4.80. The molecule has 2 unspecified atom stereocenters. The lowest BCUT2D eigenvalue weighted by Gasteiger charge is -2.22. The summed E-state index contributed by atoms with van der Waals surface area (Å²) in [5.41, 5.74) is 2.21. The molecule has 2 aliphatic rings. The molecule has 1 aromatic carbocycles. The first-order valence-corrected chi connectivity index (χ1v) is 8.03. The van der Waals surface area contributed by atoms with Crippen LogP contribution in [0.25, 0.3) is 0 Å². The van der Waals surface area contributed by atoms with Crippen LogP contribution in [0.2, 0.25) is 0 Å². The van der Waals surface area contributed by atoms with Crippen LogP contribution in [-0.4, -0.2) is 18.0 Å². The molecule has 1 heterocycles. The molecule has 108 valence electrons. The highest BCUT2D eigenvalue weighted by atomic mass is 16.5. The van der Waals surface area contributed by atoms with Gasteiger partial charge < -0.3 is 4.74 Å². The van der Waals surface area contributed by atoms with Crippen molar-refractivity contribution in [2.24, 2.45) is 0 Å². The first kappa shape index (κ1) is 13.8. The molecule has 2 fully saturated rings. The van der Waals surface area contributed by atoms with E-state index in [1.54, 1.807) is 0 Å². The average molecular weight is 272 g/mol. The van der Waals surface area contributed by atoms with Crippen molar-refractivity contribution in [3.8, 4) is 0 Å². The molecule has 20 heavy (non-hydrogen) atoms. The minimum absolute atomic E-state index is 0.157. The second-order valence-corrected chi connectivity index (χ2v) is 6.33. The minimum atomic E-state index is -0.217. The summed E-state index contributed by atoms with van der Waals surface area (Å²) in [5, 5.41) is 0. The van der Waals surface area contributed by atoms with E-state index >= 15 is 0 Å². The molecule has 1 saturated carbocycles. The Morgan fingerprint density at radius 2 is 1.70 bits per heavy atom. The van der Waals surface area contributed by atoms with Gasteiger partial charge in [0, 0.05) is 5.56 Å². The number of carbonyl (C=O) groups is 1. The van der Waals surface area contributed by atoms with E-state index in [1.807, 2.05) is 19.1 Å². The van der Waals surface area contributed by atoms with E-state index in [0.717, 1.165) is 18.4 Å². The summed E-state index contributed by atoms with van der Waals surface area (Å²) in [6.45, 7) is 2.04. The number of hydrogen-bond donors (Lipinski definition) is 0. The summed E-state index contributed by atoms with van der Waals surface area (Å²) in [6.07, 6.45) is 8.55. The molecule has 0 amide bonds. The summed E-state index contributed by atoms with van der Waals surface area (Å²) >= 11 is 0. The summed E-state index contributed by atoms with van der Waals surface area (Å²) in [6, 6.07) is 8.31. The minimum Gasteiger partial charge on any atom is -0.367 e. The van der Waals surface area contributed by atoms with Gasteiger partial charge in [-0.25, -0.2) is 0 Å². The van der Waals surface area contributed by atoms with E-state index in [-0.39, 0.29) is 18.0 Å². The monoisotopic (exact) mass is 272 g/mol. The molecular weight excluding hydrogens is 248 g/mol. The van der Waals surface area contributed by atoms with Crippen molar-refractivity contribution in [1.82, 2.24) is 0 Å². The first-order chi connectivity index (χ1) is 9.74. The molecule has 2 nitrogen and oxygen atoms in total. The van der Waals surface area contributed by atoms with Crippen molar-refractivity contribution in [2.45, 2.75) is 70.0 Å². The fourth-order valence-corrected chi connectivity index (χ4v) is 3.54. The van der Waals surface area contributed by atoms with Gasteiger partial charge in [-0.15, -0.1) is 0 Å². The van der Waals surface area contributed by atoms with Crippen LogP contribution in [0, 0.1) is 0 Å². The lowest BCUT2D eigenvalue weighted by molar-refractivity contribution is 0.0433. The highest BCUT2D eigenvalue weighted by Crippen LogP contribution is 2.33. The van der Waals surface area contributed by atoms with Crippen LogP contribution in [0.4, 0.5) is 0 Å². The zero-order valence-electron chi connectivity index (χ0n) is 12.3. The second-order valence-electron chi connectivity index (χ2n) is 6.33. The molecule has 0 N–H and O–H groups in total. The lowest BCUT2D eigenvalue weighted by Crippen LogP contribution is -2.20. The number of benzene rings is 1. The van der Waals surface area contributed by atoms with Gasteiger partial charge in [-0.1, -0.05) is 43.5 Å². The largest absolute Gasteiger partial charge is 0.367 e. The number of rotatable bonds is 3. The van der Waals surface area contributed by atoms with Crippen molar-refractivity contribution in [3.63, 3.8) is 0 Å². The van der Waals surface area contributed by atoms with Gasteiger partial charge in [0.1, 0.15) is 6.10 Å². The predicted molar refractivity (Wildman–Crippen MR) is 80.2 cm³/mol. The molecule has 1 aliphatic heterocycles. The molecule has 1 aliphatic carbocycles. The molecule has 0 aromatic heterocycles. The Labute approximate surface area is 121 Å². The van der Waals surface area contributed by atoms with Crippen molar-refractivity contribution < 1.29 is 9.53 Å². The Morgan fingerprint density at radius 1 is 1.00 bits per heavy atom. The highest BCUT2D eigenvalue weighted by molar-refractivity contribution is 5.99. The van der Waals surface area contributed by atoms with Crippen molar-refractivity contribution in [3.05, 3.63) is 35.4 Å².